The van der Waals surface area contributed by atoms with Crippen LogP contribution in [0.2, 0.25) is 0 Å². The van der Waals surface area contributed by atoms with Crippen LogP contribution in [0.1, 0.15) is 35.5 Å². The highest BCUT2D eigenvalue weighted by Crippen LogP contribution is 2.30. The van der Waals surface area contributed by atoms with Crippen LogP contribution in [-0.4, -0.2) is 16.5 Å². The second-order valence-corrected chi connectivity index (χ2v) is 8.37. The molecule has 0 radical (unpaired) electrons. The van der Waals surface area contributed by atoms with Crippen LogP contribution in [0.5, 0.6) is 0 Å². The molecule has 0 unspecified atom stereocenters. The van der Waals surface area contributed by atoms with E-state index in [1.54, 1.807) is 10.6 Å². The van der Waals surface area contributed by atoms with Crippen LogP contribution >= 0.6 is 11.3 Å². The fourth-order valence-corrected chi connectivity index (χ4v) is 4.81. The predicted octanol–water partition coefficient (Wildman–Crippen LogP) is 4.99. The van der Waals surface area contributed by atoms with Gasteiger partial charge in [0.15, 0.2) is 0 Å². The second kappa shape index (κ2) is 8.21. The van der Waals surface area contributed by atoms with Crippen molar-refractivity contribution in [1.29, 1.82) is 0 Å². The summed E-state index contributed by atoms with van der Waals surface area (Å²) < 4.78 is 2.66. The fourth-order valence-electron chi connectivity index (χ4n) is 3.73. The number of carbonyl (C=O) groups is 1. The summed E-state index contributed by atoms with van der Waals surface area (Å²) >= 11 is 1.40. The lowest BCUT2D eigenvalue weighted by molar-refractivity contribution is 0.0942. The van der Waals surface area contributed by atoms with Gasteiger partial charge in [-0.15, -0.1) is 11.3 Å². The van der Waals surface area contributed by atoms with Crippen LogP contribution in [0.4, 0.5) is 0 Å². The fraction of sp³-hybridized carbons (Fsp3) is 0.250. The van der Waals surface area contributed by atoms with Gasteiger partial charge in [-0.2, -0.15) is 0 Å². The van der Waals surface area contributed by atoms with Gasteiger partial charge in [0.1, 0.15) is 0 Å². The van der Waals surface area contributed by atoms with Crippen molar-refractivity contribution in [3.8, 4) is 0 Å². The van der Waals surface area contributed by atoms with Crippen molar-refractivity contribution in [2.45, 2.75) is 39.3 Å². The van der Waals surface area contributed by atoms with Crippen molar-refractivity contribution < 1.29 is 4.79 Å². The Balaban J connectivity index is 1.59. The molecular weight excluding hydrogens is 380 g/mol. The molecular formula is C24H24N2O2S. The van der Waals surface area contributed by atoms with Crippen molar-refractivity contribution in [2.24, 2.45) is 0 Å². The van der Waals surface area contributed by atoms with E-state index >= 15 is 0 Å². The minimum absolute atomic E-state index is 0.0337. The van der Waals surface area contributed by atoms with Crippen molar-refractivity contribution in [2.75, 3.05) is 0 Å². The highest BCUT2D eigenvalue weighted by atomic mass is 32.1. The minimum atomic E-state index is -0.113. The summed E-state index contributed by atoms with van der Waals surface area (Å²) in [6, 6.07) is 20.0. The average Bonchev–Trinajstić information content (AvgIpc) is 3.20. The summed E-state index contributed by atoms with van der Waals surface area (Å²) in [4.78, 5) is 26.3. The molecule has 1 N–H and O–H groups in total. The van der Waals surface area contributed by atoms with Gasteiger partial charge in [-0.3, -0.25) is 9.59 Å². The number of rotatable bonds is 6. The van der Waals surface area contributed by atoms with E-state index in [1.807, 2.05) is 56.3 Å². The van der Waals surface area contributed by atoms with Crippen LogP contribution in [-0.2, 0) is 13.0 Å². The lowest BCUT2D eigenvalue weighted by Crippen LogP contribution is -2.32. The smallest absolute Gasteiger partial charge is 0.261 e. The zero-order valence-corrected chi connectivity index (χ0v) is 17.5. The molecule has 2 aromatic heterocycles. The number of nitrogens with one attached hydrogen (secondary N) is 1. The summed E-state index contributed by atoms with van der Waals surface area (Å²) in [7, 11) is 0. The van der Waals surface area contributed by atoms with Gasteiger partial charge in [0.25, 0.3) is 11.5 Å². The summed E-state index contributed by atoms with van der Waals surface area (Å²) in [5, 5.41) is 4.73. The first-order chi connectivity index (χ1) is 14.1. The van der Waals surface area contributed by atoms with Gasteiger partial charge in [0, 0.05) is 22.7 Å². The standard InChI is InChI=1S/C24H24N2O2S/c1-3-26-20-12-8-7-11-18(20)22-19(24(26)28)15-21(29-22)23(27)25-16(2)13-14-17-9-5-4-6-10-17/h4-12,15-16H,3,13-14H2,1-2H3,(H,25,27)/t16-/m0/s1. The van der Waals surface area contributed by atoms with Crippen LogP contribution in [0.15, 0.2) is 65.5 Å². The number of amides is 1. The molecule has 0 spiro atoms. The van der Waals surface area contributed by atoms with E-state index in [4.69, 9.17) is 0 Å². The zero-order valence-electron chi connectivity index (χ0n) is 16.6. The highest BCUT2D eigenvalue weighted by Gasteiger charge is 2.18. The Morgan fingerprint density at radius 2 is 1.79 bits per heavy atom. The summed E-state index contributed by atoms with van der Waals surface area (Å²) in [6.07, 6.45) is 1.78. The van der Waals surface area contributed by atoms with E-state index in [1.165, 1.54) is 16.9 Å². The number of thiophene rings is 1. The van der Waals surface area contributed by atoms with Crippen LogP contribution in [0, 0.1) is 0 Å². The number of aromatic nitrogens is 1. The maximum atomic E-state index is 12.9. The Morgan fingerprint density at radius 3 is 2.55 bits per heavy atom. The first-order valence-corrected chi connectivity index (χ1v) is 10.8. The lowest BCUT2D eigenvalue weighted by atomic mass is 10.1. The van der Waals surface area contributed by atoms with Gasteiger partial charge >= 0.3 is 0 Å². The van der Waals surface area contributed by atoms with Crippen LogP contribution in [0.3, 0.4) is 0 Å². The monoisotopic (exact) mass is 404 g/mol. The van der Waals surface area contributed by atoms with Crippen molar-refractivity contribution in [3.05, 3.63) is 81.5 Å². The topological polar surface area (TPSA) is 51.1 Å². The van der Waals surface area contributed by atoms with Gasteiger partial charge in [-0.25, -0.2) is 0 Å². The maximum absolute atomic E-state index is 12.9. The molecule has 4 aromatic rings. The van der Waals surface area contributed by atoms with E-state index in [-0.39, 0.29) is 17.5 Å². The summed E-state index contributed by atoms with van der Waals surface area (Å²) in [6.45, 7) is 4.59. The van der Waals surface area contributed by atoms with Gasteiger partial charge in [-0.1, -0.05) is 48.5 Å². The molecule has 2 aromatic carbocycles. The second-order valence-electron chi connectivity index (χ2n) is 7.32. The van der Waals surface area contributed by atoms with Gasteiger partial charge < -0.3 is 9.88 Å². The van der Waals surface area contributed by atoms with Gasteiger partial charge in [0.05, 0.1) is 15.8 Å². The SMILES string of the molecule is CCn1c(=O)c2cc(C(=O)N[C@@H](C)CCc3ccccc3)sc2c2ccccc21. The highest BCUT2D eigenvalue weighted by molar-refractivity contribution is 7.21. The third kappa shape index (κ3) is 3.83. The molecule has 0 aliphatic carbocycles. The van der Waals surface area contributed by atoms with Crippen LogP contribution < -0.4 is 10.9 Å². The average molecular weight is 405 g/mol. The molecule has 4 nitrogen and oxygen atoms in total. The van der Waals surface area contributed by atoms with E-state index in [9.17, 15) is 9.59 Å². The molecule has 4 rings (SSSR count). The molecule has 0 saturated heterocycles. The number of fused-ring (bicyclic) bond motifs is 3. The molecule has 0 bridgehead atoms. The number of hydrogen-bond donors (Lipinski definition) is 1. The number of para-hydroxylation sites is 1. The molecule has 0 fully saturated rings. The Morgan fingerprint density at radius 1 is 1.07 bits per heavy atom. The molecule has 2 heterocycles. The number of hydrogen-bond acceptors (Lipinski definition) is 3. The zero-order chi connectivity index (χ0) is 20.4. The lowest BCUT2D eigenvalue weighted by Gasteiger charge is -2.13. The summed E-state index contributed by atoms with van der Waals surface area (Å²) in [5.74, 6) is -0.113. The molecule has 1 amide bonds. The Hall–Kier alpha value is -2.92. The molecule has 5 heteroatoms. The Bertz CT molecular complexity index is 1220. The van der Waals surface area contributed by atoms with Crippen LogP contribution in [0.25, 0.3) is 21.0 Å². The number of pyridine rings is 1. The van der Waals surface area contributed by atoms with E-state index < -0.39 is 0 Å². The largest absolute Gasteiger partial charge is 0.349 e. The normalized spacial score (nSPS) is 12.3. The number of carbonyl (C=O) groups excluding carboxylic acids is 1. The summed E-state index contributed by atoms with van der Waals surface area (Å²) in [5.41, 5.74) is 2.15. The number of benzene rings is 2. The first kappa shape index (κ1) is 19.4. The van der Waals surface area contributed by atoms with Crippen molar-refractivity contribution in [1.82, 2.24) is 9.88 Å². The van der Waals surface area contributed by atoms with Gasteiger partial charge in [0.2, 0.25) is 0 Å². The van der Waals surface area contributed by atoms with Gasteiger partial charge in [-0.05, 0) is 44.4 Å². The third-order valence-corrected chi connectivity index (χ3v) is 6.44. The quantitative estimate of drug-likeness (QED) is 0.492. The Kier molecular flexibility index (Phi) is 5.49. The van der Waals surface area contributed by atoms with E-state index in [0.717, 1.165) is 28.4 Å². The Labute approximate surface area is 173 Å². The molecule has 148 valence electrons. The first-order valence-electron chi connectivity index (χ1n) is 9.98. The third-order valence-electron chi connectivity index (χ3n) is 5.27. The van der Waals surface area contributed by atoms with Crippen molar-refractivity contribution in [3.63, 3.8) is 0 Å². The van der Waals surface area contributed by atoms with E-state index in [0.29, 0.717) is 16.8 Å². The molecule has 29 heavy (non-hydrogen) atoms. The van der Waals surface area contributed by atoms with Crippen molar-refractivity contribution >= 4 is 38.2 Å². The van der Waals surface area contributed by atoms with E-state index in [2.05, 4.69) is 17.4 Å². The number of nitrogens with zero attached hydrogens (tertiary/aromatic N) is 1. The predicted molar refractivity (Wildman–Crippen MR) is 121 cm³/mol. The minimum Gasteiger partial charge on any atom is -0.349 e. The molecule has 0 aliphatic heterocycles. The number of aryl methyl sites for hydroxylation is 2. The molecule has 0 saturated carbocycles. The molecule has 0 aliphatic rings. The maximum Gasteiger partial charge on any atom is 0.261 e. The molecule has 1 atom stereocenters.